The van der Waals surface area contributed by atoms with Gasteiger partial charge in [0, 0.05) is 30.5 Å². The van der Waals surface area contributed by atoms with Crippen LogP contribution in [0.25, 0.3) is 0 Å². The van der Waals surface area contributed by atoms with Crippen molar-refractivity contribution in [3.05, 3.63) is 46.8 Å². The lowest BCUT2D eigenvalue weighted by atomic mass is 10.1. The van der Waals surface area contributed by atoms with Crippen molar-refractivity contribution >= 4 is 5.78 Å². The number of rotatable bonds is 5. The van der Waals surface area contributed by atoms with Crippen LogP contribution in [0.15, 0.2) is 24.3 Å². The van der Waals surface area contributed by atoms with Gasteiger partial charge in [0.05, 0.1) is 6.54 Å². The van der Waals surface area contributed by atoms with Crippen LogP contribution >= 0.6 is 0 Å². The molecule has 116 valence electrons. The highest BCUT2D eigenvalue weighted by Crippen LogP contribution is 2.32. The van der Waals surface area contributed by atoms with Crippen LogP contribution in [0.4, 0.5) is 0 Å². The van der Waals surface area contributed by atoms with Gasteiger partial charge in [0.2, 0.25) is 6.79 Å². The van der Waals surface area contributed by atoms with Gasteiger partial charge >= 0.3 is 0 Å². The van der Waals surface area contributed by atoms with E-state index in [9.17, 15) is 4.79 Å². The molecule has 0 fully saturated rings. The normalized spacial score (nSPS) is 12.7. The van der Waals surface area contributed by atoms with Gasteiger partial charge in [0.25, 0.3) is 0 Å². The van der Waals surface area contributed by atoms with Crippen molar-refractivity contribution in [1.29, 1.82) is 0 Å². The lowest BCUT2D eigenvalue weighted by molar-refractivity contribution is 0.0990. The second-order valence-electron chi connectivity index (χ2n) is 5.56. The van der Waals surface area contributed by atoms with Crippen molar-refractivity contribution in [3.63, 3.8) is 0 Å². The van der Waals surface area contributed by atoms with Crippen molar-refractivity contribution in [3.8, 4) is 11.5 Å². The Kier molecular flexibility index (Phi) is 3.90. The summed E-state index contributed by atoms with van der Waals surface area (Å²) < 4.78 is 12.7. The summed E-state index contributed by atoms with van der Waals surface area (Å²) in [6, 6.07) is 7.76. The van der Waals surface area contributed by atoms with Crippen molar-refractivity contribution in [2.24, 2.45) is 7.05 Å². The number of benzene rings is 1. The zero-order valence-electron chi connectivity index (χ0n) is 13.1. The third kappa shape index (κ3) is 2.72. The standard InChI is InChI=1S/C17H20N2O3/c1-11-6-14(12(2)19(11)3)15(20)9-18-8-13-4-5-16-17(7-13)22-10-21-16/h4-7,18H,8-10H2,1-3H3. The van der Waals surface area contributed by atoms with E-state index >= 15 is 0 Å². The molecule has 0 saturated heterocycles. The predicted molar refractivity (Wildman–Crippen MR) is 83.5 cm³/mol. The molecule has 0 saturated carbocycles. The molecule has 2 aromatic rings. The summed E-state index contributed by atoms with van der Waals surface area (Å²) in [5, 5.41) is 3.19. The molecule has 0 spiro atoms. The molecule has 0 amide bonds. The number of carbonyl (C=O) groups excluding carboxylic acids is 1. The quantitative estimate of drug-likeness (QED) is 0.861. The number of hydrogen-bond donors (Lipinski definition) is 1. The highest BCUT2D eigenvalue weighted by Gasteiger charge is 2.15. The maximum Gasteiger partial charge on any atom is 0.231 e. The fourth-order valence-corrected chi connectivity index (χ4v) is 2.60. The van der Waals surface area contributed by atoms with Crippen LogP contribution in [-0.4, -0.2) is 23.7 Å². The number of Topliss-reactive ketones (excluding diaryl/α,β-unsaturated/α-hetero) is 1. The average Bonchev–Trinajstić information content (AvgIpc) is 3.07. The Morgan fingerprint density at radius 3 is 2.73 bits per heavy atom. The molecule has 2 heterocycles. The number of hydrogen-bond acceptors (Lipinski definition) is 4. The third-order valence-electron chi connectivity index (χ3n) is 4.13. The van der Waals surface area contributed by atoms with Crippen molar-refractivity contribution in [2.75, 3.05) is 13.3 Å². The van der Waals surface area contributed by atoms with E-state index in [1.807, 2.05) is 49.7 Å². The van der Waals surface area contributed by atoms with Gasteiger partial charge in [0.15, 0.2) is 17.3 Å². The summed E-state index contributed by atoms with van der Waals surface area (Å²) in [6.07, 6.45) is 0. The van der Waals surface area contributed by atoms with Crippen LogP contribution in [0, 0.1) is 13.8 Å². The van der Waals surface area contributed by atoms with E-state index in [1.165, 1.54) is 0 Å². The first-order chi connectivity index (χ1) is 10.6. The van der Waals surface area contributed by atoms with Gasteiger partial charge < -0.3 is 19.4 Å². The molecule has 5 heteroatoms. The molecule has 1 aromatic heterocycles. The highest BCUT2D eigenvalue weighted by molar-refractivity contribution is 5.99. The van der Waals surface area contributed by atoms with E-state index in [2.05, 4.69) is 5.32 Å². The van der Waals surface area contributed by atoms with Gasteiger partial charge in [-0.2, -0.15) is 0 Å². The molecule has 1 aromatic carbocycles. The second-order valence-corrected chi connectivity index (χ2v) is 5.56. The van der Waals surface area contributed by atoms with E-state index in [0.29, 0.717) is 13.1 Å². The first-order valence-corrected chi connectivity index (χ1v) is 7.31. The van der Waals surface area contributed by atoms with Gasteiger partial charge in [-0.05, 0) is 37.6 Å². The molecular weight excluding hydrogens is 280 g/mol. The minimum absolute atomic E-state index is 0.113. The Bertz CT molecular complexity index is 719. The Balaban J connectivity index is 1.58. The Labute approximate surface area is 129 Å². The van der Waals surface area contributed by atoms with Crippen LogP contribution < -0.4 is 14.8 Å². The van der Waals surface area contributed by atoms with E-state index < -0.39 is 0 Å². The Hall–Kier alpha value is -2.27. The first-order valence-electron chi connectivity index (χ1n) is 7.31. The number of nitrogens with one attached hydrogen (secondary N) is 1. The molecule has 5 nitrogen and oxygen atoms in total. The minimum Gasteiger partial charge on any atom is -0.454 e. The van der Waals surface area contributed by atoms with Gasteiger partial charge in [-0.25, -0.2) is 0 Å². The number of fused-ring (bicyclic) bond motifs is 1. The van der Waals surface area contributed by atoms with Crippen LogP contribution in [0.3, 0.4) is 0 Å². The van der Waals surface area contributed by atoms with Gasteiger partial charge in [-0.3, -0.25) is 4.79 Å². The first kappa shape index (κ1) is 14.7. The average molecular weight is 300 g/mol. The van der Waals surface area contributed by atoms with E-state index in [-0.39, 0.29) is 12.6 Å². The van der Waals surface area contributed by atoms with Gasteiger partial charge in [-0.15, -0.1) is 0 Å². The van der Waals surface area contributed by atoms with E-state index in [0.717, 1.165) is 34.0 Å². The monoisotopic (exact) mass is 300 g/mol. The van der Waals surface area contributed by atoms with Crippen molar-refractivity contribution < 1.29 is 14.3 Å². The highest BCUT2D eigenvalue weighted by atomic mass is 16.7. The summed E-state index contributed by atoms with van der Waals surface area (Å²) in [5.41, 5.74) is 3.96. The molecule has 0 atom stereocenters. The molecule has 1 N–H and O–H groups in total. The largest absolute Gasteiger partial charge is 0.454 e. The van der Waals surface area contributed by atoms with Crippen LogP contribution in [0.5, 0.6) is 11.5 Å². The topological polar surface area (TPSA) is 52.5 Å². The fraction of sp³-hybridized carbons (Fsp3) is 0.353. The Morgan fingerprint density at radius 1 is 1.23 bits per heavy atom. The molecule has 22 heavy (non-hydrogen) atoms. The molecule has 0 radical (unpaired) electrons. The van der Waals surface area contributed by atoms with Crippen LogP contribution in [-0.2, 0) is 13.6 Å². The SMILES string of the molecule is Cc1cc(C(=O)CNCc2ccc3c(c2)OCO3)c(C)n1C. The molecule has 0 unspecified atom stereocenters. The number of ketones is 1. The maximum atomic E-state index is 12.3. The number of ether oxygens (including phenoxy) is 2. The zero-order valence-corrected chi connectivity index (χ0v) is 13.1. The third-order valence-corrected chi connectivity index (χ3v) is 4.13. The number of carbonyl (C=O) groups is 1. The molecule has 0 aliphatic carbocycles. The van der Waals surface area contributed by atoms with Crippen LogP contribution in [0.1, 0.15) is 27.3 Å². The summed E-state index contributed by atoms with van der Waals surface area (Å²) in [4.78, 5) is 12.3. The van der Waals surface area contributed by atoms with Crippen molar-refractivity contribution in [1.82, 2.24) is 9.88 Å². The lowest BCUT2D eigenvalue weighted by Crippen LogP contribution is -2.23. The van der Waals surface area contributed by atoms with E-state index in [1.54, 1.807) is 0 Å². The predicted octanol–water partition coefficient (Wildman–Crippen LogP) is 2.34. The van der Waals surface area contributed by atoms with Gasteiger partial charge in [0.1, 0.15) is 0 Å². The molecular formula is C17H20N2O3. The summed E-state index contributed by atoms with van der Waals surface area (Å²) >= 11 is 0. The number of nitrogens with zero attached hydrogens (tertiary/aromatic N) is 1. The van der Waals surface area contributed by atoms with E-state index in [4.69, 9.17) is 9.47 Å². The minimum atomic E-state index is 0.113. The Morgan fingerprint density at radius 2 is 2.00 bits per heavy atom. The lowest BCUT2D eigenvalue weighted by Gasteiger charge is -2.06. The number of aromatic nitrogens is 1. The molecule has 1 aliphatic rings. The number of aryl methyl sites for hydroxylation is 1. The second kappa shape index (κ2) is 5.85. The van der Waals surface area contributed by atoms with Gasteiger partial charge in [-0.1, -0.05) is 6.07 Å². The maximum absolute atomic E-state index is 12.3. The summed E-state index contributed by atoms with van der Waals surface area (Å²) in [7, 11) is 1.97. The molecule has 0 bridgehead atoms. The molecule has 1 aliphatic heterocycles. The zero-order chi connectivity index (χ0) is 15.7. The summed E-state index contributed by atoms with van der Waals surface area (Å²) in [5.74, 6) is 1.65. The molecule has 3 rings (SSSR count). The smallest absolute Gasteiger partial charge is 0.231 e. The fourth-order valence-electron chi connectivity index (χ4n) is 2.60. The van der Waals surface area contributed by atoms with Crippen molar-refractivity contribution in [2.45, 2.75) is 20.4 Å². The summed E-state index contributed by atoms with van der Waals surface area (Å²) in [6.45, 7) is 5.19. The van der Waals surface area contributed by atoms with Crippen LogP contribution in [0.2, 0.25) is 0 Å².